The molecule has 3 amide bonds. The minimum atomic E-state index is -1.05. The van der Waals surface area contributed by atoms with Gasteiger partial charge in [-0.3, -0.25) is 19.2 Å². The fourth-order valence-corrected chi connectivity index (χ4v) is 8.14. The third-order valence-electron chi connectivity index (χ3n) is 5.59. The number of carboxylic acids is 2. The highest BCUT2D eigenvalue weighted by atomic mass is 33.1. The molecule has 0 aliphatic carbocycles. The molecule has 260 valence electrons. The van der Waals surface area contributed by atoms with Crippen LogP contribution < -0.4 is 27.4 Å². The van der Waals surface area contributed by atoms with Gasteiger partial charge in [-0.05, 0) is 17.8 Å². The standard InChI is InChI=1S/C12H22N2O4S2.C8H18N2O2S2.C7H15NOS/c1-7(2)10(13-8(3)15)5-19-20-6-11(12(17)18)14-9(4)16;1-5(2)6(9)3-13-14-4-7(10)8(11)12;1-5(2)7(4-10)8-6(3)9/h7,10-11H,5-6H2,1-4H3,(H,13,15)(H,14,16)(H,17,18);5-7H,3-4,9-10H2,1-2H3,(H,11,12);5,7,10H,4H2,1-3H3,(H,8,9). The summed E-state index contributed by atoms with van der Waals surface area (Å²) in [5, 5.41) is 25.5. The predicted octanol–water partition coefficient (Wildman–Crippen LogP) is 2.96. The zero-order valence-electron chi connectivity index (χ0n) is 27.3. The maximum Gasteiger partial charge on any atom is 0.327 e. The molecule has 0 aromatic carbocycles. The van der Waals surface area contributed by atoms with Crippen molar-refractivity contribution in [3.8, 4) is 0 Å². The Kier molecular flexibility index (Phi) is 30.5. The zero-order chi connectivity index (χ0) is 35.0. The molecule has 9 N–H and O–H groups in total. The van der Waals surface area contributed by atoms with Crippen LogP contribution in [0.25, 0.3) is 0 Å². The van der Waals surface area contributed by atoms with Crippen molar-refractivity contribution in [3.63, 3.8) is 0 Å². The number of hydrogen-bond donors (Lipinski definition) is 8. The van der Waals surface area contributed by atoms with Crippen molar-refractivity contribution >= 4 is 85.5 Å². The van der Waals surface area contributed by atoms with E-state index < -0.39 is 24.0 Å². The Morgan fingerprint density at radius 1 is 0.614 bits per heavy atom. The second-order valence-corrected chi connectivity index (χ2v) is 16.3. The van der Waals surface area contributed by atoms with E-state index in [1.54, 1.807) is 10.8 Å². The van der Waals surface area contributed by atoms with Crippen LogP contribution in [0.5, 0.6) is 0 Å². The molecule has 0 rings (SSSR count). The second-order valence-electron chi connectivity index (χ2n) is 10.9. The minimum Gasteiger partial charge on any atom is -0.480 e. The molecule has 5 unspecified atom stereocenters. The van der Waals surface area contributed by atoms with Crippen molar-refractivity contribution in [2.75, 3.05) is 28.8 Å². The SMILES string of the molecule is CC(=O)NC(CS)C(C)C.CC(=O)NC(CSSCC(NC(C)=O)C(C)C)C(=O)O.CC(C)C(N)CSSCC(N)C(=O)O. The second kappa shape index (κ2) is 28.3. The van der Waals surface area contributed by atoms with E-state index in [9.17, 15) is 24.0 Å². The lowest BCUT2D eigenvalue weighted by molar-refractivity contribution is -0.140. The van der Waals surface area contributed by atoms with Crippen molar-refractivity contribution in [2.24, 2.45) is 29.2 Å². The van der Waals surface area contributed by atoms with Crippen LogP contribution in [0, 0.1) is 17.8 Å². The van der Waals surface area contributed by atoms with Crippen LogP contribution in [0.3, 0.4) is 0 Å². The summed E-state index contributed by atoms with van der Waals surface area (Å²) in [7, 11) is 5.92. The smallest absolute Gasteiger partial charge is 0.327 e. The van der Waals surface area contributed by atoms with Gasteiger partial charge in [0.1, 0.15) is 12.1 Å². The highest BCUT2D eigenvalue weighted by Gasteiger charge is 2.20. The molecule has 0 radical (unpaired) electrons. The maximum atomic E-state index is 11.1. The Bertz CT molecular complexity index is 841. The Balaban J connectivity index is -0.000000611. The molecule has 12 nitrogen and oxygen atoms in total. The molecule has 0 aromatic rings. The number of carboxylic acid groups (broad SMARTS) is 2. The molecule has 44 heavy (non-hydrogen) atoms. The lowest BCUT2D eigenvalue weighted by Gasteiger charge is -2.21. The number of rotatable bonds is 19. The average molecular weight is 722 g/mol. The van der Waals surface area contributed by atoms with E-state index in [2.05, 4.69) is 56.3 Å². The van der Waals surface area contributed by atoms with Crippen LogP contribution in [-0.4, -0.2) is 98.8 Å². The number of aliphatic carboxylic acids is 2. The Labute approximate surface area is 284 Å². The number of nitrogens with one attached hydrogen (secondary N) is 3. The molecule has 0 heterocycles. The fourth-order valence-electron chi connectivity index (χ4n) is 2.52. The van der Waals surface area contributed by atoms with Crippen LogP contribution in [0.15, 0.2) is 0 Å². The van der Waals surface area contributed by atoms with E-state index in [0.717, 1.165) is 5.75 Å². The lowest BCUT2D eigenvalue weighted by atomic mass is 10.1. The van der Waals surface area contributed by atoms with Crippen molar-refractivity contribution in [1.82, 2.24) is 16.0 Å². The molecule has 0 bridgehead atoms. The van der Waals surface area contributed by atoms with Crippen molar-refractivity contribution in [2.45, 2.75) is 92.5 Å². The van der Waals surface area contributed by atoms with Gasteiger partial charge in [-0.25, -0.2) is 4.79 Å². The summed E-state index contributed by atoms with van der Waals surface area (Å²) in [5.74, 6) is 1.73. The summed E-state index contributed by atoms with van der Waals surface area (Å²) in [4.78, 5) is 53.8. The van der Waals surface area contributed by atoms with Gasteiger partial charge >= 0.3 is 11.9 Å². The summed E-state index contributed by atoms with van der Waals surface area (Å²) < 4.78 is 0. The molecule has 5 atom stereocenters. The lowest BCUT2D eigenvalue weighted by Crippen LogP contribution is -2.41. The molecule has 0 saturated heterocycles. The van der Waals surface area contributed by atoms with Crippen molar-refractivity contribution in [3.05, 3.63) is 0 Å². The zero-order valence-corrected chi connectivity index (χ0v) is 31.5. The van der Waals surface area contributed by atoms with E-state index in [4.69, 9.17) is 21.7 Å². The van der Waals surface area contributed by atoms with Crippen LogP contribution in [-0.2, 0) is 24.0 Å². The molecule has 0 aromatic heterocycles. The third-order valence-corrected chi connectivity index (χ3v) is 10.9. The molecular formula is C27H55N5O7S5. The van der Waals surface area contributed by atoms with E-state index in [-0.39, 0.29) is 41.6 Å². The first-order chi connectivity index (χ1) is 20.3. The molecular weight excluding hydrogens is 667 g/mol. The van der Waals surface area contributed by atoms with Crippen molar-refractivity contribution in [1.29, 1.82) is 0 Å². The van der Waals surface area contributed by atoms with Gasteiger partial charge in [0.05, 0.1) is 0 Å². The van der Waals surface area contributed by atoms with Gasteiger partial charge in [0.2, 0.25) is 17.7 Å². The average Bonchev–Trinajstić information content (AvgIpc) is 2.90. The Morgan fingerprint density at radius 3 is 1.36 bits per heavy atom. The monoisotopic (exact) mass is 721 g/mol. The maximum absolute atomic E-state index is 11.1. The normalized spacial score (nSPS) is 14.2. The van der Waals surface area contributed by atoms with Crippen LogP contribution in [0.2, 0.25) is 0 Å². The highest BCUT2D eigenvalue weighted by molar-refractivity contribution is 8.77. The summed E-state index contributed by atoms with van der Waals surface area (Å²) in [6.07, 6.45) is 0. The molecule has 0 aliphatic rings. The van der Waals surface area contributed by atoms with E-state index in [0.29, 0.717) is 35.0 Å². The first-order valence-corrected chi connectivity index (χ1v) is 19.7. The number of nitrogens with two attached hydrogens (primary N) is 2. The van der Waals surface area contributed by atoms with Gasteiger partial charge in [-0.1, -0.05) is 84.7 Å². The Hall–Kier alpha value is -0.980. The summed E-state index contributed by atoms with van der Waals surface area (Å²) in [6, 6.07) is -1.24. The quantitative estimate of drug-likeness (QED) is 0.0548. The molecule has 17 heteroatoms. The molecule has 0 saturated carbocycles. The van der Waals surface area contributed by atoms with E-state index in [1.807, 2.05) is 13.8 Å². The summed E-state index contributed by atoms with van der Waals surface area (Å²) in [5.41, 5.74) is 11.1. The fraction of sp³-hybridized carbons (Fsp3) is 0.815. The van der Waals surface area contributed by atoms with Gasteiger partial charge in [-0.15, -0.1) is 0 Å². The Morgan fingerprint density at radius 2 is 1.02 bits per heavy atom. The van der Waals surface area contributed by atoms with Crippen LogP contribution in [0.4, 0.5) is 0 Å². The largest absolute Gasteiger partial charge is 0.480 e. The van der Waals surface area contributed by atoms with E-state index >= 15 is 0 Å². The third kappa shape index (κ3) is 29.7. The summed E-state index contributed by atoms with van der Waals surface area (Å²) >= 11 is 4.11. The topological polar surface area (TPSA) is 214 Å². The first-order valence-electron chi connectivity index (χ1n) is 14.1. The number of thiol groups is 1. The van der Waals surface area contributed by atoms with Gasteiger partial charge in [0.15, 0.2) is 0 Å². The minimum absolute atomic E-state index is 0.0211. The predicted molar refractivity (Wildman–Crippen MR) is 192 cm³/mol. The first kappa shape index (κ1) is 47.4. The van der Waals surface area contributed by atoms with Gasteiger partial charge in [0, 0.05) is 67.7 Å². The van der Waals surface area contributed by atoms with E-state index in [1.165, 1.54) is 53.2 Å². The van der Waals surface area contributed by atoms with Crippen LogP contribution in [0.1, 0.15) is 62.3 Å². The molecule has 0 aliphatic heterocycles. The number of carbonyl (C=O) groups excluding carboxylic acids is 3. The number of amides is 3. The highest BCUT2D eigenvalue weighted by Crippen LogP contribution is 2.25. The van der Waals surface area contributed by atoms with Gasteiger partial charge in [-0.2, -0.15) is 12.6 Å². The number of hydrogen-bond acceptors (Lipinski definition) is 12. The molecule has 0 fully saturated rings. The van der Waals surface area contributed by atoms with Crippen LogP contribution >= 0.6 is 55.8 Å². The summed E-state index contributed by atoms with van der Waals surface area (Å²) in [6.45, 7) is 16.6. The van der Waals surface area contributed by atoms with Gasteiger partial charge < -0.3 is 37.6 Å². The van der Waals surface area contributed by atoms with Crippen molar-refractivity contribution < 1.29 is 34.2 Å². The molecule has 0 spiro atoms. The van der Waals surface area contributed by atoms with Gasteiger partial charge in [0.25, 0.3) is 0 Å². The number of carbonyl (C=O) groups is 5.